The van der Waals surface area contributed by atoms with Crippen molar-refractivity contribution in [1.82, 2.24) is 9.80 Å². The van der Waals surface area contributed by atoms with Gasteiger partial charge in [0, 0.05) is 29.1 Å². The van der Waals surface area contributed by atoms with E-state index in [0.717, 1.165) is 38.1 Å². The van der Waals surface area contributed by atoms with Crippen molar-refractivity contribution in [3.63, 3.8) is 0 Å². The highest BCUT2D eigenvalue weighted by atomic mass is 35.5. The molecule has 4 aliphatic rings. The van der Waals surface area contributed by atoms with Crippen LogP contribution in [0.25, 0.3) is 0 Å². The van der Waals surface area contributed by atoms with Crippen LogP contribution in [0.3, 0.4) is 0 Å². The van der Waals surface area contributed by atoms with Gasteiger partial charge in [0.25, 0.3) is 0 Å². The molecular formula is C27H28Cl2F3N3O2. The van der Waals surface area contributed by atoms with Gasteiger partial charge in [0.1, 0.15) is 6.04 Å². The van der Waals surface area contributed by atoms with Crippen LogP contribution >= 0.6 is 23.2 Å². The number of nitrogens with two attached hydrogens (primary N) is 1. The summed E-state index contributed by atoms with van der Waals surface area (Å²) in [5, 5.41) is 0.856. The Hall–Kier alpha value is -2.29. The lowest BCUT2D eigenvalue weighted by Crippen LogP contribution is -2.65. The average molecular weight is 554 g/mol. The van der Waals surface area contributed by atoms with Gasteiger partial charge >= 0.3 is 6.18 Å². The second kappa shape index (κ2) is 9.79. The summed E-state index contributed by atoms with van der Waals surface area (Å²) in [5.74, 6) is -0.659. The predicted octanol–water partition coefficient (Wildman–Crippen LogP) is 5.06. The Labute approximate surface area is 223 Å². The maximum atomic E-state index is 14.4. The molecule has 3 aliphatic heterocycles. The first-order chi connectivity index (χ1) is 17.5. The molecule has 2 atom stereocenters. The van der Waals surface area contributed by atoms with Gasteiger partial charge in [-0.3, -0.25) is 9.59 Å². The molecule has 2 N–H and O–H groups in total. The van der Waals surface area contributed by atoms with Crippen molar-refractivity contribution in [3.05, 3.63) is 69.2 Å². The summed E-state index contributed by atoms with van der Waals surface area (Å²) in [6.07, 6.45) is -1.45. The number of rotatable bonds is 7. The topological polar surface area (TPSA) is 66.6 Å². The fourth-order valence-electron chi connectivity index (χ4n) is 6.01. The van der Waals surface area contributed by atoms with Crippen molar-refractivity contribution in [1.29, 1.82) is 0 Å². The molecule has 0 aromatic heterocycles. The zero-order chi connectivity index (χ0) is 26.5. The van der Waals surface area contributed by atoms with Crippen LogP contribution in [0.2, 0.25) is 10.0 Å². The maximum absolute atomic E-state index is 14.4. The van der Waals surface area contributed by atoms with E-state index in [9.17, 15) is 22.8 Å². The van der Waals surface area contributed by atoms with E-state index in [4.69, 9.17) is 28.9 Å². The SMILES string of the molecule is NC(=O)[C@H](Cc1ccc(C(F)(F)F)cc1)N(C(=O)C1(c2ccc(Cl)cc2Cl)CC1)[C@H]1CN2CCC1CC2. The second-order valence-electron chi connectivity index (χ2n) is 10.4. The molecule has 198 valence electrons. The number of nitrogens with zero attached hydrogens (tertiary/aromatic N) is 2. The molecule has 2 aromatic carbocycles. The first kappa shape index (κ1) is 26.3. The highest BCUT2D eigenvalue weighted by Gasteiger charge is 2.57. The van der Waals surface area contributed by atoms with Crippen LogP contribution in [0, 0.1) is 5.92 Å². The van der Waals surface area contributed by atoms with E-state index < -0.39 is 29.1 Å². The normalized spacial score (nSPS) is 24.9. The summed E-state index contributed by atoms with van der Waals surface area (Å²) < 4.78 is 39.2. The van der Waals surface area contributed by atoms with Gasteiger partial charge < -0.3 is 15.5 Å². The molecule has 0 spiro atoms. The third-order valence-electron chi connectivity index (χ3n) is 8.19. The van der Waals surface area contributed by atoms with Crippen LogP contribution < -0.4 is 5.73 Å². The van der Waals surface area contributed by atoms with E-state index in [1.807, 2.05) is 0 Å². The lowest BCUT2D eigenvalue weighted by molar-refractivity contribution is -0.149. The average Bonchev–Trinajstić information content (AvgIpc) is 3.66. The third kappa shape index (κ3) is 5.08. The van der Waals surface area contributed by atoms with Gasteiger partial charge in [-0.2, -0.15) is 13.2 Å². The second-order valence-corrected chi connectivity index (χ2v) is 11.3. The summed E-state index contributed by atoms with van der Waals surface area (Å²) in [6, 6.07) is 8.53. The van der Waals surface area contributed by atoms with Crippen LogP contribution in [0.15, 0.2) is 42.5 Å². The largest absolute Gasteiger partial charge is 0.416 e. The lowest BCUT2D eigenvalue weighted by atomic mass is 9.80. The zero-order valence-electron chi connectivity index (χ0n) is 20.1. The molecule has 0 radical (unpaired) electrons. The van der Waals surface area contributed by atoms with E-state index in [1.165, 1.54) is 12.1 Å². The van der Waals surface area contributed by atoms with Gasteiger partial charge in [0.05, 0.1) is 11.0 Å². The summed E-state index contributed by atoms with van der Waals surface area (Å²) in [5.41, 5.74) is 5.44. The van der Waals surface area contributed by atoms with Crippen molar-refractivity contribution in [3.8, 4) is 0 Å². The van der Waals surface area contributed by atoms with Gasteiger partial charge in [-0.1, -0.05) is 41.4 Å². The summed E-state index contributed by atoms with van der Waals surface area (Å²) >= 11 is 12.6. The van der Waals surface area contributed by atoms with Gasteiger partial charge in [-0.25, -0.2) is 0 Å². The summed E-state index contributed by atoms with van der Waals surface area (Å²) in [4.78, 5) is 31.3. The Morgan fingerprint density at radius 1 is 1.08 bits per heavy atom. The van der Waals surface area contributed by atoms with Crippen LogP contribution in [0.5, 0.6) is 0 Å². The highest BCUT2D eigenvalue weighted by Crippen LogP contribution is 2.53. The number of halogens is 5. The number of primary amides is 1. The number of piperidine rings is 3. The van der Waals surface area contributed by atoms with Crippen molar-refractivity contribution in [2.75, 3.05) is 19.6 Å². The number of benzene rings is 2. The molecule has 3 saturated heterocycles. The number of alkyl halides is 3. The van der Waals surface area contributed by atoms with E-state index in [1.54, 1.807) is 23.1 Å². The number of carbonyl (C=O) groups excluding carboxylic acids is 2. The molecule has 10 heteroatoms. The van der Waals surface area contributed by atoms with Gasteiger partial charge in [-0.15, -0.1) is 0 Å². The number of carbonyl (C=O) groups is 2. The molecule has 5 nitrogen and oxygen atoms in total. The molecule has 6 rings (SSSR count). The van der Waals surface area contributed by atoms with Gasteiger partial charge in [0.15, 0.2) is 0 Å². The Morgan fingerprint density at radius 3 is 2.22 bits per heavy atom. The lowest BCUT2D eigenvalue weighted by Gasteiger charge is -2.51. The summed E-state index contributed by atoms with van der Waals surface area (Å²) in [7, 11) is 0. The molecule has 2 amide bonds. The first-order valence-electron chi connectivity index (χ1n) is 12.5. The highest BCUT2D eigenvalue weighted by molar-refractivity contribution is 6.35. The molecule has 3 heterocycles. The van der Waals surface area contributed by atoms with E-state index >= 15 is 0 Å². The number of hydrogen-bond acceptors (Lipinski definition) is 3. The van der Waals surface area contributed by atoms with E-state index in [-0.39, 0.29) is 24.3 Å². The number of fused-ring (bicyclic) bond motifs is 3. The Bertz CT molecular complexity index is 1190. The van der Waals surface area contributed by atoms with Crippen LogP contribution in [-0.2, 0) is 27.6 Å². The maximum Gasteiger partial charge on any atom is 0.416 e. The Kier molecular flexibility index (Phi) is 6.96. The van der Waals surface area contributed by atoms with Crippen molar-refractivity contribution >= 4 is 35.0 Å². The molecular weight excluding hydrogens is 526 g/mol. The Morgan fingerprint density at radius 2 is 1.73 bits per heavy atom. The predicted molar refractivity (Wildman–Crippen MR) is 135 cm³/mol. The van der Waals surface area contributed by atoms with Crippen molar-refractivity contribution < 1.29 is 22.8 Å². The third-order valence-corrected chi connectivity index (χ3v) is 8.74. The van der Waals surface area contributed by atoms with Crippen LogP contribution in [0.4, 0.5) is 13.2 Å². The van der Waals surface area contributed by atoms with Crippen molar-refractivity contribution in [2.45, 2.75) is 55.8 Å². The quantitative estimate of drug-likeness (QED) is 0.521. The number of amides is 2. The van der Waals surface area contributed by atoms with Gasteiger partial charge in [0.2, 0.25) is 11.8 Å². The minimum Gasteiger partial charge on any atom is -0.368 e. The van der Waals surface area contributed by atoms with Crippen molar-refractivity contribution in [2.24, 2.45) is 11.7 Å². The standard InChI is InChI=1S/C27H28Cl2F3N3O2/c28-19-5-6-20(21(29)14-19)26(9-10-26)25(37)35(23-15-34-11-7-17(23)8-12-34)22(24(33)36)13-16-1-3-18(4-2-16)27(30,31)32/h1-6,14,17,22-23H,7-13,15H2,(H2,33,36)/t22-,23-/m0/s1. The minimum absolute atomic E-state index is 0.0346. The van der Waals surface area contributed by atoms with Gasteiger partial charge in [-0.05, 0) is 80.1 Å². The number of hydrogen-bond donors (Lipinski definition) is 1. The molecule has 0 unspecified atom stereocenters. The zero-order valence-corrected chi connectivity index (χ0v) is 21.6. The minimum atomic E-state index is -4.46. The Balaban J connectivity index is 1.52. The molecule has 37 heavy (non-hydrogen) atoms. The van der Waals surface area contributed by atoms with Crippen LogP contribution in [-0.4, -0.2) is 53.3 Å². The van der Waals surface area contributed by atoms with Crippen LogP contribution in [0.1, 0.15) is 42.4 Å². The fraction of sp³-hybridized carbons (Fsp3) is 0.481. The molecule has 1 aliphatic carbocycles. The monoisotopic (exact) mass is 553 g/mol. The summed E-state index contributed by atoms with van der Waals surface area (Å²) in [6.45, 7) is 2.52. The molecule has 4 fully saturated rings. The molecule has 1 saturated carbocycles. The smallest absolute Gasteiger partial charge is 0.368 e. The molecule has 2 aromatic rings. The fourth-order valence-corrected chi connectivity index (χ4v) is 6.60. The van der Waals surface area contributed by atoms with E-state index in [2.05, 4.69) is 4.90 Å². The molecule has 2 bridgehead atoms. The van der Waals surface area contributed by atoms with E-state index in [0.29, 0.717) is 40.6 Å². The first-order valence-corrected chi connectivity index (χ1v) is 13.2.